The lowest BCUT2D eigenvalue weighted by atomic mass is 9.78. The van der Waals surface area contributed by atoms with Crippen molar-refractivity contribution in [1.82, 2.24) is 15.3 Å². The van der Waals surface area contributed by atoms with Crippen molar-refractivity contribution >= 4 is 17.6 Å². The Morgan fingerprint density at radius 3 is 2.43 bits per heavy atom. The van der Waals surface area contributed by atoms with Gasteiger partial charge >= 0.3 is 0 Å². The molecule has 1 aromatic carbocycles. The molecule has 2 heterocycles. The smallest absolute Gasteiger partial charge is 0.245 e. The van der Waals surface area contributed by atoms with Crippen molar-refractivity contribution in [1.29, 1.82) is 0 Å². The number of carbonyl (C=O) groups excluding carboxylic acids is 2. The van der Waals surface area contributed by atoms with Crippen molar-refractivity contribution < 1.29 is 23.8 Å². The van der Waals surface area contributed by atoms with E-state index in [1.807, 2.05) is 17.0 Å². The molecule has 6 rings (SSSR count). The molecule has 9 heteroatoms. The van der Waals surface area contributed by atoms with E-state index in [1.54, 1.807) is 19.6 Å². The summed E-state index contributed by atoms with van der Waals surface area (Å²) in [6.07, 6.45) is 12.8. The van der Waals surface area contributed by atoms with Gasteiger partial charge in [-0.15, -0.1) is 0 Å². The lowest BCUT2D eigenvalue weighted by Crippen LogP contribution is -2.44. The highest BCUT2D eigenvalue weighted by molar-refractivity contribution is 5.94. The Morgan fingerprint density at radius 2 is 1.75 bits per heavy atom. The number of aliphatic hydroxyl groups excluding tert-OH is 1. The highest BCUT2D eigenvalue weighted by Gasteiger charge is 2.34. The van der Waals surface area contributed by atoms with Gasteiger partial charge in [0.25, 0.3) is 0 Å². The van der Waals surface area contributed by atoms with Gasteiger partial charge < -0.3 is 19.6 Å². The van der Waals surface area contributed by atoms with E-state index in [1.165, 1.54) is 5.56 Å². The third-order valence-electron chi connectivity index (χ3n) is 9.80. The number of carbonyl (C=O) groups is 2. The fraction of sp³-hybridized carbons (Fsp3) is 0.543. The molecular formula is C35H44N4O5. The van der Waals surface area contributed by atoms with Gasteiger partial charge in [0.15, 0.2) is 5.89 Å². The molecule has 3 saturated carbocycles. The molecule has 0 bridgehead atoms. The van der Waals surface area contributed by atoms with Crippen LogP contribution in [0.5, 0.6) is 5.75 Å². The van der Waals surface area contributed by atoms with Crippen molar-refractivity contribution in [2.75, 3.05) is 25.2 Å². The topological polar surface area (TPSA) is 118 Å². The predicted octanol–water partition coefficient (Wildman–Crippen LogP) is 5.91. The van der Waals surface area contributed by atoms with E-state index in [2.05, 4.69) is 30.4 Å². The molecule has 2 N–H and O–H groups in total. The van der Waals surface area contributed by atoms with Crippen molar-refractivity contribution in [3.05, 3.63) is 59.8 Å². The van der Waals surface area contributed by atoms with Crippen LogP contribution in [-0.4, -0.2) is 53.2 Å². The third-order valence-corrected chi connectivity index (χ3v) is 9.80. The number of aromatic nitrogens is 2. The highest BCUT2D eigenvalue weighted by Crippen LogP contribution is 2.41. The zero-order chi connectivity index (χ0) is 30.6. The molecule has 234 valence electrons. The summed E-state index contributed by atoms with van der Waals surface area (Å²) in [4.78, 5) is 37.3. The maximum absolute atomic E-state index is 14.2. The number of hydrogen-bond acceptors (Lipinski definition) is 7. The molecule has 3 aliphatic rings. The Morgan fingerprint density at radius 1 is 1.00 bits per heavy atom. The molecule has 0 spiro atoms. The number of oxazole rings is 1. The number of nitrogens with zero attached hydrogens (tertiary/aromatic N) is 3. The molecule has 9 nitrogen and oxygen atoms in total. The van der Waals surface area contributed by atoms with Crippen LogP contribution < -0.4 is 15.0 Å². The molecule has 2 amide bonds. The largest absolute Gasteiger partial charge is 0.496 e. The first-order chi connectivity index (χ1) is 21.4. The van der Waals surface area contributed by atoms with Gasteiger partial charge in [-0.3, -0.25) is 14.5 Å². The Balaban J connectivity index is 1.17. The molecule has 3 aliphatic carbocycles. The summed E-state index contributed by atoms with van der Waals surface area (Å²) >= 11 is 0. The van der Waals surface area contributed by atoms with Crippen LogP contribution in [0, 0.1) is 18.8 Å². The number of aryl methyl sites for hydroxylation is 1. The summed E-state index contributed by atoms with van der Waals surface area (Å²) in [7, 11) is 1.71. The summed E-state index contributed by atoms with van der Waals surface area (Å²) in [5.74, 6) is 3.31. The van der Waals surface area contributed by atoms with Crippen molar-refractivity contribution in [3.63, 3.8) is 0 Å². The number of anilines is 1. The lowest BCUT2D eigenvalue weighted by Gasteiger charge is -2.36. The van der Waals surface area contributed by atoms with Gasteiger partial charge in [-0.1, -0.05) is 12.1 Å². The average molecular weight is 601 g/mol. The van der Waals surface area contributed by atoms with E-state index < -0.39 is 6.61 Å². The number of aliphatic hydroxyl groups is 1. The van der Waals surface area contributed by atoms with Crippen LogP contribution in [-0.2, 0) is 9.59 Å². The number of rotatable bonds is 10. The average Bonchev–Trinajstić information content (AvgIpc) is 3.79. The quantitative estimate of drug-likeness (QED) is 0.297. The minimum absolute atomic E-state index is 0.00157. The van der Waals surface area contributed by atoms with Gasteiger partial charge in [0.05, 0.1) is 7.11 Å². The van der Waals surface area contributed by atoms with E-state index >= 15 is 0 Å². The Labute approximate surface area is 259 Å². The van der Waals surface area contributed by atoms with Gasteiger partial charge in [-0.2, -0.15) is 0 Å². The molecule has 0 atom stereocenters. The van der Waals surface area contributed by atoms with Gasteiger partial charge in [-0.05, 0) is 112 Å². The number of methoxy groups -OCH3 is 1. The van der Waals surface area contributed by atoms with Crippen LogP contribution in [0.2, 0.25) is 0 Å². The van der Waals surface area contributed by atoms with Crippen LogP contribution in [0.1, 0.15) is 93.1 Å². The standard InChI is InChI=1S/C35H44N4O5/c1-22-17-27(11-14-31(22)43-2)24-5-3-23(4-6-24)19-39(35(42)26-9-12-29(13-10-26)37-33(41)20-40)32-18-28(15-16-36-32)30-21-44-34(38-30)25-7-8-25/h11,14-18,21,23-26,29,40H,3-10,12-13,19-20H2,1-2H3,(H,37,41). The second-order valence-corrected chi connectivity index (χ2v) is 12.9. The third kappa shape index (κ3) is 6.98. The Bertz CT molecular complexity index is 1450. The van der Waals surface area contributed by atoms with Crippen molar-refractivity contribution in [2.45, 2.75) is 89.0 Å². The lowest BCUT2D eigenvalue weighted by molar-refractivity contribution is -0.125. The van der Waals surface area contributed by atoms with E-state index in [0.29, 0.717) is 43.0 Å². The highest BCUT2D eigenvalue weighted by atomic mass is 16.5. The summed E-state index contributed by atoms with van der Waals surface area (Å²) in [5.41, 5.74) is 4.21. The number of hydrogen-bond donors (Lipinski definition) is 2. The summed E-state index contributed by atoms with van der Waals surface area (Å²) in [6.45, 7) is 2.22. The zero-order valence-electron chi connectivity index (χ0n) is 25.8. The fourth-order valence-electron chi connectivity index (χ4n) is 7.03. The van der Waals surface area contributed by atoms with Crippen molar-refractivity contribution in [2.24, 2.45) is 11.8 Å². The minimum atomic E-state index is -0.511. The van der Waals surface area contributed by atoms with Crippen LogP contribution in [0.3, 0.4) is 0 Å². The number of benzene rings is 1. The number of pyridine rings is 1. The second kappa shape index (κ2) is 13.5. The number of nitrogens with one attached hydrogen (secondary N) is 1. The van der Waals surface area contributed by atoms with Gasteiger partial charge in [0.2, 0.25) is 11.8 Å². The zero-order valence-corrected chi connectivity index (χ0v) is 25.8. The minimum Gasteiger partial charge on any atom is -0.496 e. The van der Waals surface area contributed by atoms with Gasteiger partial charge in [0, 0.05) is 36.2 Å². The number of ether oxygens (including phenoxy) is 1. The first-order valence-corrected chi connectivity index (χ1v) is 16.2. The molecule has 3 aromatic rings. The Kier molecular flexibility index (Phi) is 9.31. The van der Waals surface area contributed by atoms with Gasteiger partial charge in [-0.25, -0.2) is 9.97 Å². The molecule has 0 unspecified atom stereocenters. The Hall–Kier alpha value is -3.72. The normalized spacial score (nSPS) is 23.6. The monoisotopic (exact) mass is 600 g/mol. The molecular weight excluding hydrogens is 556 g/mol. The van der Waals surface area contributed by atoms with E-state index in [-0.39, 0.29) is 23.8 Å². The van der Waals surface area contributed by atoms with Crippen LogP contribution in [0.4, 0.5) is 5.82 Å². The van der Waals surface area contributed by atoms with Crippen molar-refractivity contribution in [3.8, 4) is 17.0 Å². The molecule has 3 fully saturated rings. The maximum atomic E-state index is 14.2. The summed E-state index contributed by atoms with van der Waals surface area (Å²) in [6, 6.07) is 10.4. The van der Waals surface area contributed by atoms with E-state index in [4.69, 9.17) is 24.2 Å². The number of amides is 2. The molecule has 0 aliphatic heterocycles. The van der Waals surface area contributed by atoms with Crippen LogP contribution in [0.15, 0.2) is 47.2 Å². The summed E-state index contributed by atoms with van der Waals surface area (Å²) in [5, 5.41) is 12.0. The first-order valence-electron chi connectivity index (χ1n) is 16.2. The second-order valence-electron chi connectivity index (χ2n) is 12.9. The van der Waals surface area contributed by atoms with Crippen LogP contribution in [0.25, 0.3) is 11.3 Å². The molecule has 44 heavy (non-hydrogen) atoms. The molecule has 2 aromatic heterocycles. The first kappa shape index (κ1) is 30.3. The van der Waals surface area contributed by atoms with E-state index in [9.17, 15) is 9.59 Å². The van der Waals surface area contributed by atoms with Gasteiger partial charge in [0.1, 0.15) is 30.1 Å². The van der Waals surface area contributed by atoms with E-state index in [0.717, 1.165) is 79.8 Å². The predicted molar refractivity (Wildman–Crippen MR) is 167 cm³/mol. The maximum Gasteiger partial charge on any atom is 0.245 e. The fourth-order valence-corrected chi connectivity index (χ4v) is 7.03. The molecule has 0 radical (unpaired) electrons. The van der Waals surface area contributed by atoms with Crippen LogP contribution >= 0.6 is 0 Å². The molecule has 0 saturated heterocycles. The SMILES string of the molecule is COc1ccc(C2CCC(CN(C(=O)C3CCC(NC(=O)CO)CC3)c3cc(-c4coc(C5CC5)n4)ccn3)CC2)cc1C. The summed E-state index contributed by atoms with van der Waals surface area (Å²) < 4.78 is 11.2.